The van der Waals surface area contributed by atoms with E-state index in [2.05, 4.69) is 11.7 Å². The highest BCUT2D eigenvalue weighted by Gasteiger charge is 2.08. The van der Waals surface area contributed by atoms with Crippen molar-refractivity contribution in [2.75, 3.05) is 0 Å². The lowest BCUT2D eigenvalue weighted by atomic mass is 10.2. The van der Waals surface area contributed by atoms with Crippen LogP contribution in [0.3, 0.4) is 0 Å². The van der Waals surface area contributed by atoms with Gasteiger partial charge in [-0.15, -0.1) is 0 Å². The number of hydrogen-bond acceptors (Lipinski definition) is 3. The predicted octanol–water partition coefficient (Wildman–Crippen LogP) is 0.867. The Morgan fingerprint density at radius 2 is 2.20 bits per heavy atom. The summed E-state index contributed by atoms with van der Waals surface area (Å²) in [5.74, 6) is -1.22. The summed E-state index contributed by atoms with van der Waals surface area (Å²) in [7, 11) is 0. The molecule has 0 spiro atoms. The highest BCUT2D eigenvalue weighted by molar-refractivity contribution is 6.35. The molecule has 0 rings (SSSR count). The molecule has 0 fully saturated rings. The van der Waals surface area contributed by atoms with Crippen molar-refractivity contribution >= 4 is 11.7 Å². The topological polar surface area (TPSA) is 69.9 Å². The van der Waals surface area contributed by atoms with E-state index in [1.165, 1.54) is 0 Å². The van der Waals surface area contributed by atoms with Gasteiger partial charge < -0.3 is 10.3 Å². The summed E-state index contributed by atoms with van der Waals surface area (Å²) in [6.07, 6.45) is 0.103. The largest absolute Gasteiger partial charge is 0.477 e. The van der Waals surface area contributed by atoms with Gasteiger partial charge in [0.1, 0.15) is 0 Å². The maximum absolute atomic E-state index is 10.1. The molecule has 10 heavy (non-hydrogen) atoms. The second-order valence-corrected chi connectivity index (χ2v) is 1.99. The van der Waals surface area contributed by atoms with Gasteiger partial charge in [0.25, 0.3) is 0 Å². The normalized spacial score (nSPS) is 11.1. The van der Waals surface area contributed by atoms with Crippen LogP contribution in [0.5, 0.6) is 0 Å². The first-order valence-corrected chi connectivity index (χ1v) is 2.66. The van der Waals surface area contributed by atoms with E-state index in [1.54, 1.807) is 6.92 Å². The van der Waals surface area contributed by atoms with Gasteiger partial charge in [-0.2, -0.15) is 0 Å². The predicted molar refractivity (Wildman–Crippen MR) is 36.3 cm³/mol. The highest BCUT2D eigenvalue weighted by atomic mass is 16.4. The summed E-state index contributed by atoms with van der Waals surface area (Å²) >= 11 is 0. The minimum absolute atomic E-state index is 0.103. The summed E-state index contributed by atoms with van der Waals surface area (Å²) in [4.78, 5) is 10.1. The van der Waals surface area contributed by atoms with E-state index in [9.17, 15) is 4.79 Å². The third-order valence-corrected chi connectivity index (χ3v) is 0.837. The van der Waals surface area contributed by atoms with E-state index in [0.717, 1.165) is 0 Å². The molecule has 0 atom stereocenters. The third kappa shape index (κ3) is 2.86. The molecule has 0 aliphatic rings. The summed E-state index contributed by atoms with van der Waals surface area (Å²) in [5, 5.41) is 19.0. The van der Waals surface area contributed by atoms with Crippen LogP contribution < -0.4 is 0 Å². The fourth-order valence-electron chi connectivity index (χ4n) is 0.440. The lowest BCUT2D eigenvalue weighted by molar-refractivity contribution is -0.129. The van der Waals surface area contributed by atoms with Crippen LogP contribution in [-0.2, 0) is 4.79 Å². The zero-order valence-electron chi connectivity index (χ0n) is 5.66. The van der Waals surface area contributed by atoms with Crippen LogP contribution in [0.4, 0.5) is 0 Å². The number of nitrogens with zero attached hydrogens (tertiary/aromatic N) is 1. The number of allylic oxidation sites excluding steroid dienone is 1. The van der Waals surface area contributed by atoms with Crippen LogP contribution in [-0.4, -0.2) is 22.0 Å². The number of carboxylic acid groups (broad SMARTS) is 1. The lowest BCUT2D eigenvalue weighted by Gasteiger charge is -1.95. The minimum Gasteiger partial charge on any atom is -0.477 e. The van der Waals surface area contributed by atoms with Gasteiger partial charge in [0.15, 0.2) is 5.71 Å². The SMILES string of the molecule is C=C(C)C/C(=N/O)C(=O)O. The van der Waals surface area contributed by atoms with Crippen molar-refractivity contribution in [3.8, 4) is 0 Å². The molecule has 0 aromatic rings. The molecule has 0 aliphatic heterocycles. The number of oxime groups is 1. The third-order valence-electron chi connectivity index (χ3n) is 0.837. The Morgan fingerprint density at radius 1 is 1.70 bits per heavy atom. The first-order valence-electron chi connectivity index (χ1n) is 2.66. The molecule has 0 aromatic heterocycles. The molecule has 2 N–H and O–H groups in total. The maximum atomic E-state index is 10.1. The van der Waals surface area contributed by atoms with Crippen LogP contribution in [0.25, 0.3) is 0 Å². The van der Waals surface area contributed by atoms with Crippen molar-refractivity contribution < 1.29 is 15.1 Å². The van der Waals surface area contributed by atoms with Crippen LogP contribution in [0, 0.1) is 0 Å². The van der Waals surface area contributed by atoms with Gasteiger partial charge in [0.2, 0.25) is 0 Å². The molecule has 4 nitrogen and oxygen atoms in total. The van der Waals surface area contributed by atoms with E-state index < -0.39 is 5.97 Å². The van der Waals surface area contributed by atoms with Gasteiger partial charge in [-0.05, 0) is 6.92 Å². The Hall–Kier alpha value is -1.32. The summed E-state index contributed by atoms with van der Waals surface area (Å²) in [5.41, 5.74) is 0.364. The average Bonchev–Trinajstić information content (AvgIpc) is 1.81. The molecule has 0 aliphatic carbocycles. The fourth-order valence-corrected chi connectivity index (χ4v) is 0.440. The van der Waals surface area contributed by atoms with Gasteiger partial charge in [0.05, 0.1) is 0 Å². The minimum atomic E-state index is -1.22. The second-order valence-electron chi connectivity index (χ2n) is 1.99. The molecule has 0 saturated carbocycles. The Balaban J connectivity index is 4.12. The Labute approximate surface area is 58.5 Å². The fraction of sp³-hybridized carbons (Fsp3) is 0.333. The number of carboxylic acids is 1. The second kappa shape index (κ2) is 3.66. The monoisotopic (exact) mass is 143 g/mol. The summed E-state index contributed by atoms with van der Waals surface area (Å²) < 4.78 is 0. The maximum Gasteiger partial charge on any atom is 0.353 e. The van der Waals surface area contributed by atoms with E-state index >= 15 is 0 Å². The molecular formula is C6H9NO3. The van der Waals surface area contributed by atoms with Crippen LogP contribution in [0.1, 0.15) is 13.3 Å². The van der Waals surface area contributed by atoms with Crippen molar-refractivity contribution in [1.29, 1.82) is 0 Å². The van der Waals surface area contributed by atoms with E-state index in [-0.39, 0.29) is 12.1 Å². The van der Waals surface area contributed by atoms with Crippen LogP contribution >= 0.6 is 0 Å². The average molecular weight is 143 g/mol. The molecule has 0 heterocycles. The van der Waals surface area contributed by atoms with Gasteiger partial charge in [-0.3, -0.25) is 0 Å². The Bertz CT molecular complexity index is 183. The van der Waals surface area contributed by atoms with Crippen molar-refractivity contribution in [3.05, 3.63) is 12.2 Å². The van der Waals surface area contributed by atoms with Crippen LogP contribution in [0.15, 0.2) is 17.3 Å². The number of aliphatic carboxylic acids is 1. The summed E-state index contributed by atoms with van der Waals surface area (Å²) in [6.45, 7) is 5.13. The molecule has 0 aromatic carbocycles. The van der Waals surface area contributed by atoms with Crippen molar-refractivity contribution in [2.24, 2.45) is 5.16 Å². The van der Waals surface area contributed by atoms with E-state index in [1.807, 2.05) is 0 Å². The molecule has 0 unspecified atom stereocenters. The molecule has 0 saturated heterocycles. The van der Waals surface area contributed by atoms with Crippen molar-refractivity contribution in [2.45, 2.75) is 13.3 Å². The highest BCUT2D eigenvalue weighted by Crippen LogP contribution is 1.97. The van der Waals surface area contributed by atoms with Gasteiger partial charge in [0, 0.05) is 6.42 Å². The first kappa shape index (κ1) is 8.68. The zero-order chi connectivity index (χ0) is 8.15. The molecular weight excluding hydrogens is 134 g/mol. The van der Waals surface area contributed by atoms with Gasteiger partial charge in [-0.25, -0.2) is 4.79 Å². The molecule has 0 bridgehead atoms. The first-order chi connectivity index (χ1) is 4.57. The molecule has 56 valence electrons. The number of hydrogen-bond donors (Lipinski definition) is 2. The van der Waals surface area contributed by atoms with Crippen LogP contribution in [0.2, 0.25) is 0 Å². The number of rotatable bonds is 3. The van der Waals surface area contributed by atoms with Crippen molar-refractivity contribution in [1.82, 2.24) is 0 Å². The van der Waals surface area contributed by atoms with Gasteiger partial charge >= 0.3 is 5.97 Å². The smallest absolute Gasteiger partial charge is 0.353 e. The standard InChI is InChI=1S/C6H9NO3/c1-4(2)3-5(7-10)6(8)9/h10H,1,3H2,2H3,(H,8,9)/b7-5-. The van der Waals surface area contributed by atoms with Gasteiger partial charge in [-0.1, -0.05) is 17.3 Å². The summed E-state index contributed by atoms with van der Waals surface area (Å²) in [6, 6.07) is 0. The quantitative estimate of drug-likeness (QED) is 0.266. The molecule has 0 radical (unpaired) electrons. The Kier molecular flexibility index (Phi) is 3.17. The number of carbonyl (C=O) groups is 1. The van der Waals surface area contributed by atoms with E-state index in [4.69, 9.17) is 10.3 Å². The molecule has 4 heteroatoms. The zero-order valence-corrected chi connectivity index (χ0v) is 5.66. The van der Waals surface area contributed by atoms with Crippen molar-refractivity contribution in [3.63, 3.8) is 0 Å². The van der Waals surface area contributed by atoms with E-state index in [0.29, 0.717) is 5.57 Å². The Morgan fingerprint density at radius 3 is 2.30 bits per heavy atom. The lowest BCUT2D eigenvalue weighted by Crippen LogP contribution is -2.12. The molecule has 0 amide bonds.